The average molecular weight is 286 g/mol. The van der Waals surface area contributed by atoms with Gasteiger partial charge in [-0.15, -0.1) is 0 Å². The highest BCUT2D eigenvalue weighted by molar-refractivity contribution is 6.30. The molecule has 4 heteroatoms. The molecule has 0 radical (unpaired) electrons. The number of benzene rings is 2. The Labute approximate surface area is 122 Å². The van der Waals surface area contributed by atoms with E-state index in [9.17, 15) is 4.79 Å². The first-order valence-electron chi connectivity index (χ1n) is 6.02. The van der Waals surface area contributed by atoms with Gasteiger partial charge in [0.15, 0.2) is 5.78 Å². The van der Waals surface area contributed by atoms with E-state index in [1.165, 1.54) is 6.92 Å². The predicted molar refractivity (Wildman–Crippen MR) is 76.9 cm³/mol. The first kappa shape index (κ1) is 14.1. The lowest BCUT2D eigenvalue weighted by atomic mass is 10.1. The minimum atomic E-state index is -0.0780. The van der Waals surface area contributed by atoms with Crippen molar-refractivity contribution in [1.82, 2.24) is 0 Å². The summed E-state index contributed by atoms with van der Waals surface area (Å²) in [5, 5.41) is 9.76. The van der Waals surface area contributed by atoms with Gasteiger partial charge in [-0.05, 0) is 42.8 Å². The highest BCUT2D eigenvalue weighted by atomic mass is 35.5. The summed E-state index contributed by atoms with van der Waals surface area (Å²) < 4.78 is 5.61. The molecule has 2 rings (SSSR count). The quantitative estimate of drug-likeness (QED) is 0.798. The molecule has 0 atom stereocenters. The molecular formula is C16H12ClNO2. The van der Waals surface area contributed by atoms with Gasteiger partial charge in [0.1, 0.15) is 18.4 Å². The standard InChI is InChI=1S/C16H12ClNO2/c1-11(19)13-4-7-16(14(8-13)9-18)20-10-12-2-5-15(17)6-3-12/h2-8H,10H2,1H3. The van der Waals surface area contributed by atoms with E-state index in [4.69, 9.17) is 21.6 Å². The Morgan fingerprint density at radius 3 is 2.55 bits per heavy atom. The average Bonchev–Trinajstić information content (AvgIpc) is 2.46. The van der Waals surface area contributed by atoms with E-state index in [0.29, 0.717) is 28.5 Å². The molecule has 0 heterocycles. The van der Waals surface area contributed by atoms with Gasteiger partial charge in [-0.2, -0.15) is 5.26 Å². The number of ketones is 1. The molecule has 2 aromatic carbocycles. The minimum absolute atomic E-state index is 0.0780. The van der Waals surface area contributed by atoms with E-state index in [2.05, 4.69) is 0 Å². The number of carbonyl (C=O) groups is 1. The number of nitriles is 1. The van der Waals surface area contributed by atoms with E-state index >= 15 is 0 Å². The van der Waals surface area contributed by atoms with Gasteiger partial charge in [0.05, 0.1) is 5.56 Å². The summed E-state index contributed by atoms with van der Waals surface area (Å²) in [6.45, 7) is 1.80. The minimum Gasteiger partial charge on any atom is -0.488 e. The van der Waals surface area contributed by atoms with Crippen molar-refractivity contribution in [3.05, 3.63) is 64.2 Å². The van der Waals surface area contributed by atoms with Crippen molar-refractivity contribution < 1.29 is 9.53 Å². The second kappa shape index (κ2) is 6.23. The Hall–Kier alpha value is -2.31. The number of rotatable bonds is 4. The fraction of sp³-hybridized carbons (Fsp3) is 0.125. The maximum atomic E-state index is 11.3. The van der Waals surface area contributed by atoms with Crippen LogP contribution in [0.4, 0.5) is 0 Å². The number of carbonyl (C=O) groups excluding carboxylic acids is 1. The first-order chi connectivity index (χ1) is 9.60. The number of hydrogen-bond donors (Lipinski definition) is 0. The predicted octanol–water partition coefficient (Wildman–Crippen LogP) is 3.99. The summed E-state index contributed by atoms with van der Waals surface area (Å²) >= 11 is 5.81. The lowest BCUT2D eigenvalue weighted by Gasteiger charge is -2.09. The molecule has 0 fully saturated rings. The molecule has 0 spiro atoms. The number of hydrogen-bond acceptors (Lipinski definition) is 3. The number of halogens is 1. The summed E-state index contributed by atoms with van der Waals surface area (Å²) in [5.41, 5.74) is 1.81. The van der Waals surface area contributed by atoms with Gasteiger partial charge in [-0.1, -0.05) is 23.7 Å². The number of Topliss-reactive ketones (excluding diaryl/α,β-unsaturated/α-hetero) is 1. The van der Waals surface area contributed by atoms with Crippen molar-refractivity contribution in [3.63, 3.8) is 0 Å². The Morgan fingerprint density at radius 1 is 1.25 bits per heavy atom. The molecule has 0 aliphatic heterocycles. The van der Waals surface area contributed by atoms with Crippen LogP contribution >= 0.6 is 11.6 Å². The Bertz CT molecular complexity index is 672. The van der Waals surface area contributed by atoms with Crippen LogP contribution in [0, 0.1) is 11.3 Å². The Kier molecular flexibility index (Phi) is 4.39. The van der Waals surface area contributed by atoms with E-state index in [1.807, 2.05) is 18.2 Å². The second-order valence-corrected chi connectivity index (χ2v) is 4.73. The molecule has 2 aromatic rings. The van der Waals surface area contributed by atoms with Crippen molar-refractivity contribution in [2.75, 3.05) is 0 Å². The van der Waals surface area contributed by atoms with Crippen molar-refractivity contribution in [2.24, 2.45) is 0 Å². The third-order valence-electron chi connectivity index (χ3n) is 2.81. The van der Waals surface area contributed by atoms with Crippen molar-refractivity contribution in [2.45, 2.75) is 13.5 Å². The Balaban J connectivity index is 2.15. The van der Waals surface area contributed by atoms with E-state index in [-0.39, 0.29) is 5.78 Å². The molecule has 0 aliphatic rings. The summed E-state index contributed by atoms with van der Waals surface area (Å²) in [4.78, 5) is 11.3. The lowest BCUT2D eigenvalue weighted by molar-refractivity contribution is 0.101. The van der Waals surface area contributed by atoms with E-state index in [1.54, 1.807) is 30.3 Å². The van der Waals surface area contributed by atoms with Crippen LogP contribution < -0.4 is 4.74 Å². The largest absolute Gasteiger partial charge is 0.488 e. The van der Waals surface area contributed by atoms with Gasteiger partial charge in [0.2, 0.25) is 0 Å². The molecule has 100 valence electrons. The molecule has 0 saturated carbocycles. The van der Waals surface area contributed by atoms with Gasteiger partial charge in [0.25, 0.3) is 0 Å². The first-order valence-corrected chi connectivity index (χ1v) is 6.40. The highest BCUT2D eigenvalue weighted by Crippen LogP contribution is 2.21. The molecule has 20 heavy (non-hydrogen) atoms. The third-order valence-corrected chi connectivity index (χ3v) is 3.07. The second-order valence-electron chi connectivity index (χ2n) is 4.29. The highest BCUT2D eigenvalue weighted by Gasteiger charge is 2.07. The molecule has 3 nitrogen and oxygen atoms in total. The van der Waals surface area contributed by atoms with E-state index < -0.39 is 0 Å². The molecule has 0 aliphatic carbocycles. The summed E-state index contributed by atoms with van der Waals surface area (Å²) in [6, 6.07) is 14.2. The normalized spacial score (nSPS) is 9.85. The van der Waals surface area contributed by atoms with Crippen LogP contribution in [0.25, 0.3) is 0 Å². The van der Waals surface area contributed by atoms with Crippen LogP contribution in [-0.2, 0) is 6.61 Å². The van der Waals surface area contributed by atoms with Gasteiger partial charge < -0.3 is 4.74 Å². The number of ether oxygens (including phenoxy) is 1. The monoisotopic (exact) mass is 285 g/mol. The summed E-state index contributed by atoms with van der Waals surface area (Å²) in [7, 11) is 0. The maximum absolute atomic E-state index is 11.3. The smallest absolute Gasteiger partial charge is 0.159 e. The molecule has 0 amide bonds. The zero-order valence-corrected chi connectivity index (χ0v) is 11.6. The zero-order valence-electron chi connectivity index (χ0n) is 10.9. The van der Waals surface area contributed by atoms with Crippen LogP contribution in [0.15, 0.2) is 42.5 Å². The van der Waals surface area contributed by atoms with Crippen molar-refractivity contribution >= 4 is 17.4 Å². The van der Waals surface area contributed by atoms with Crippen LogP contribution in [0.1, 0.15) is 28.4 Å². The van der Waals surface area contributed by atoms with Gasteiger partial charge in [-0.3, -0.25) is 4.79 Å². The van der Waals surface area contributed by atoms with Gasteiger partial charge in [-0.25, -0.2) is 0 Å². The molecule has 0 saturated heterocycles. The molecular weight excluding hydrogens is 274 g/mol. The van der Waals surface area contributed by atoms with Gasteiger partial charge in [0, 0.05) is 10.6 Å². The van der Waals surface area contributed by atoms with Crippen LogP contribution in [0.5, 0.6) is 5.75 Å². The molecule has 0 N–H and O–H groups in total. The summed E-state index contributed by atoms with van der Waals surface area (Å²) in [6.07, 6.45) is 0. The lowest BCUT2D eigenvalue weighted by Crippen LogP contribution is -1.99. The van der Waals surface area contributed by atoms with Crippen molar-refractivity contribution in [3.8, 4) is 11.8 Å². The van der Waals surface area contributed by atoms with Crippen LogP contribution in [0.3, 0.4) is 0 Å². The Morgan fingerprint density at radius 2 is 1.95 bits per heavy atom. The molecule has 0 bridgehead atoms. The maximum Gasteiger partial charge on any atom is 0.159 e. The fourth-order valence-electron chi connectivity index (χ4n) is 1.70. The van der Waals surface area contributed by atoms with Crippen LogP contribution in [0.2, 0.25) is 5.02 Å². The molecule has 0 unspecified atom stereocenters. The number of nitrogens with zero attached hydrogens (tertiary/aromatic N) is 1. The zero-order chi connectivity index (χ0) is 14.5. The third kappa shape index (κ3) is 3.37. The fourth-order valence-corrected chi connectivity index (χ4v) is 1.83. The van der Waals surface area contributed by atoms with Crippen molar-refractivity contribution in [1.29, 1.82) is 5.26 Å². The SMILES string of the molecule is CC(=O)c1ccc(OCc2ccc(Cl)cc2)c(C#N)c1. The van der Waals surface area contributed by atoms with Crippen LogP contribution in [-0.4, -0.2) is 5.78 Å². The van der Waals surface area contributed by atoms with E-state index in [0.717, 1.165) is 5.56 Å². The molecule has 0 aromatic heterocycles. The topological polar surface area (TPSA) is 50.1 Å². The summed E-state index contributed by atoms with van der Waals surface area (Å²) in [5.74, 6) is 0.387. The van der Waals surface area contributed by atoms with Gasteiger partial charge >= 0.3 is 0 Å².